The van der Waals surface area contributed by atoms with Crippen molar-refractivity contribution in [3.8, 4) is 0 Å². The smallest absolute Gasteiger partial charge is 0.256 e. The minimum Gasteiger partial charge on any atom is -0.256 e. The Bertz CT molecular complexity index is 575. The molecule has 0 spiro atoms. The molecule has 0 atom stereocenters. The topological polar surface area (TPSA) is 47.0 Å². The summed E-state index contributed by atoms with van der Waals surface area (Å²) in [6.45, 7) is 0. The maximum absolute atomic E-state index is 12.8. The lowest BCUT2D eigenvalue weighted by Gasteiger charge is -2.00. The lowest BCUT2D eigenvalue weighted by atomic mass is 10.2. The maximum atomic E-state index is 12.8. The van der Waals surface area contributed by atoms with Crippen LogP contribution < -0.4 is 0 Å². The Balaban J connectivity index is 2.92. The number of pyridine rings is 1. The highest BCUT2D eigenvalue weighted by molar-refractivity contribution is 7.86. The highest BCUT2D eigenvalue weighted by Gasteiger charge is 2.15. The standard InChI is InChI=1S/C9H6FNO2S/c10-14(12,13)9-5-1-4-8-7(9)3-2-6-11-8/h1-6H. The van der Waals surface area contributed by atoms with Crippen molar-refractivity contribution >= 4 is 21.1 Å². The number of benzene rings is 1. The highest BCUT2D eigenvalue weighted by Crippen LogP contribution is 2.22. The first-order valence-electron chi connectivity index (χ1n) is 3.87. The van der Waals surface area contributed by atoms with Crippen molar-refractivity contribution in [3.05, 3.63) is 36.5 Å². The summed E-state index contributed by atoms with van der Waals surface area (Å²) in [6, 6.07) is 7.40. The predicted molar refractivity (Wildman–Crippen MR) is 50.0 cm³/mol. The minimum absolute atomic E-state index is 0.303. The molecular formula is C9H6FNO2S. The van der Waals surface area contributed by atoms with E-state index < -0.39 is 10.2 Å². The van der Waals surface area contributed by atoms with E-state index in [1.165, 1.54) is 24.4 Å². The van der Waals surface area contributed by atoms with Crippen molar-refractivity contribution in [2.45, 2.75) is 4.90 Å². The first-order chi connectivity index (χ1) is 6.59. The number of halogens is 1. The van der Waals surface area contributed by atoms with Crippen molar-refractivity contribution in [1.82, 2.24) is 4.98 Å². The second-order valence-electron chi connectivity index (χ2n) is 2.76. The summed E-state index contributed by atoms with van der Waals surface area (Å²) in [5.74, 6) is 0. The van der Waals surface area contributed by atoms with Gasteiger partial charge in [-0.25, -0.2) is 0 Å². The van der Waals surface area contributed by atoms with E-state index in [9.17, 15) is 12.3 Å². The second kappa shape index (κ2) is 3.02. The number of fused-ring (bicyclic) bond motifs is 1. The molecule has 0 saturated carbocycles. The molecular weight excluding hydrogens is 205 g/mol. The van der Waals surface area contributed by atoms with E-state index in [0.717, 1.165) is 0 Å². The lowest BCUT2D eigenvalue weighted by molar-refractivity contribution is 0.553. The first kappa shape index (κ1) is 9.08. The number of rotatable bonds is 1. The molecule has 0 aliphatic heterocycles. The zero-order chi connectivity index (χ0) is 10.2. The van der Waals surface area contributed by atoms with Gasteiger partial charge in [0.1, 0.15) is 4.90 Å². The molecule has 0 radical (unpaired) electrons. The number of hydrogen-bond donors (Lipinski definition) is 0. The van der Waals surface area contributed by atoms with Gasteiger partial charge in [-0.1, -0.05) is 6.07 Å². The van der Waals surface area contributed by atoms with Gasteiger partial charge in [-0.05, 0) is 24.3 Å². The van der Waals surface area contributed by atoms with E-state index in [0.29, 0.717) is 10.9 Å². The van der Waals surface area contributed by atoms with E-state index in [1.807, 2.05) is 0 Å². The van der Waals surface area contributed by atoms with Gasteiger partial charge in [0, 0.05) is 11.6 Å². The SMILES string of the molecule is O=S(=O)(F)c1cccc2ncccc12. The fraction of sp³-hybridized carbons (Fsp3) is 0. The maximum Gasteiger partial charge on any atom is 0.332 e. The zero-order valence-electron chi connectivity index (χ0n) is 7.01. The summed E-state index contributed by atoms with van der Waals surface area (Å²) >= 11 is 0. The van der Waals surface area contributed by atoms with Crippen LogP contribution in [0, 0.1) is 0 Å². The van der Waals surface area contributed by atoms with Crippen molar-refractivity contribution in [2.24, 2.45) is 0 Å². The van der Waals surface area contributed by atoms with Crippen LogP contribution in [0.4, 0.5) is 3.89 Å². The average Bonchev–Trinajstić information content (AvgIpc) is 2.15. The van der Waals surface area contributed by atoms with E-state index in [1.54, 1.807) is 12.1 Å². The van der Waals surface area contributed by atoms with Crippen LogP contribution in [0.15, 0.2) is 41.4 Å². The monoisotopic (exact) mass is 211 g/mol. The van der Waals surface area contributed by atoms with E-state index >= 15 is 0 Å². The molecule has 1 heterocycles. The molecule has 0 N–H and O–H groups in total. The van der Waals surface area contributed by atoms with Gasteiger partial charge in [0.05, 0.1) is 5.52 Å². The molecule has 0 aliphatic rings. The van der Waals surface area contributed by atoms with Gasteiger partial charge in [-0.2, -0.15) is 8.42 Å². The number of aromatic nitrogens is 1. The molecule has 14 heavy (non-hydrogen) atoms. The molecule has 72 valence electrons. The zero-order valence-corrected chi connectivity index (χ0v) is 7.83. The van der Waals surface area contributed by atoms with Gasteiger partial charge in [-0.15, -0.1) is 3.89 Å². The van der Waals surface area contributed by atoms with Crippen LogP contribution in [0.2, 0.25) is 0 Å². The summed E-state index contributed by atoms with van der Waals surface area (Å²) in [4.78, 5) is 3.59. The Labute approximate surface area is 80.4 Å². The van der Waals surface area contributed by atoms with Crippen molar-refractivity contribution in [2.75, 3.05) is 0 Å². The van der Waals surface area contributed by atoms with Gasteiger partial charge in [-0.3, -0.25) is 4.98 Å². The van der Waals surface area contributed by atoms with Crippen LogP contribution in [-0.4, -0.2) is 13.4 Å². The largest absolute Gasteiger partial charge is 0.332 e. The van der Waals surface area contributed by atoms with E-state index in [-0.39, 0.29) is 4.90 Å². The Kier molecular flexibility index (Phi) is 1.96. The summed E-state index contributed by atoms with van der Waals surface area (Å²) in [5, 5.41) is 0.303. The van der Waals surface area contributed by atoms with Gasteiger partial charge in [0.15, 0.2) is 0 Å². The second-order valence-corrected chi connectivity index (χ2v) is 4.08. The van der Waals surface area contributed by atoms with Crippen LogP contribution in [-0.2, 0) is 10.2 Å². The summed E-state index contributed by atoms with van der Waals surface area (Å²) in [7, 11) is -4.67. The lowest BCUT2D eigenvalue weighted by Crippen LogP contribution is -1.93. The molecule has 5 heteroatoms. The van der Waals surface area contributed by atoms with E-state index in [4.69, 9.17) is 0 Å². The van der Waals surface area contributed by atoms with Gasteiger partial charge in [0.2, 0.25) is 0 Å². The quantitative estimate of drug-likeness (QED) is 0.677. The van der Waals surface area contributed by atoms with Crippen molar-refractivity contribution < 1.29 is 12.3 Å². The van der Waals surface area contributed by atoms with Gasteiger partial charge < -0.3 is 0 Å². The predicted octanol–water partition coefficient (Wildman–Crippen LogP) is 1.89. The molecule has 2 rings (SSSR count). The van der Waals surface area contributed by atoms with Gasteiger partial charge >= 0.3 is 10.2 Å². The summed E-state index contributed by atoms with van der Waals surface area (Å²) in [5.41, 5.74) is 0.464. The average molecular weight is 211 g/mol. The third-order valence-corrected chi connectivity index (χ3v) is 2.75. The van der Waals surface area contributed by atoms with Crippen LogP contribution in [0.5, 0.6) is 0 Å². The Morgan fingerprint density at radius 2 is 1.93 bits per heavy atom. The van der Waals surface area contributed by atoms with Crippen molar-refractivity contribution in [3.63, 3.8) is 0 Å². The van der Waals surface area contributed by atoms with Crippen LogP contribution in [0.25, 0.3) is 10.9 Å². The highest BCUT2D eigenvalue weighted by atomic mass is 32.3. The first-order valence-corrected chi connectivity index (χ1v) is 5.26. The molecule has 0 amide bonds. The normalized spacial score (nSPS) is 11.8. The Hall–Kier alpha value is -1.49. The minimum atomic E-state index is -4.67. The molecule has 3 nitrogen and oxygen atoms in total. The third kappa shape index (κ3) is 1.46. The molecule has 0 fully saturated rings. The fourth-order valence-electron chi connectivity index (χ4n) is 1.29. The van der Waals surface area contributed by atoms with Crippen LogP contribution in [0.3, 0.4) is 0 Å². The van der Waals surface area contributed by atoms with Crippen LogP contribution in [0.1, 0.15) is 0 Å². The number of nitrogens with zero attached hydrogens (tertiary/aromatic N) is 1. The molecule has 1 aromatic carbocycles. The van der Waals surface area contributed by atoms with E-state index in [2.05, 4.69) is 4.98 Å². The molecule has 0 saturated heterocycles. The fourth-order valence-corrected chi connectivity index (χ4v) is 1.96. The summed E-state index contributed by atoms with van der Waals surface area (Å²) < 4.78 is 34.3. The molecule has 0 bridgehead atoms. The van der Waals surface area contributed by atoms with Gasteiger partial charge in [0.25, 0.3) is 0 Å². The van der Waals surface area contributed by atoms with Crippen LogP contribution >= 0.6 is 0 Å². The molecule has 0 unspecified atom stereocenters. The Morgan fingerprint density at radius 1 is 1.14 bits per heavy atom. The Morgan fingerprint density at radius 3 is 2.64 bits per heavy atom. The van der Waals surface area contributed by atoms with Crippen molar-refractivity contribution in [1.29, 1.82) is 0 Å². The molecule has 0 aliphatic carbocycles. The third-order valence-electron chi connectivity index (χ3n) is 1.87. The number of hydrogen-bond acceptors (Lipinski definition) is 3. The molecule has 2 aromatic rings. The summed E-state index contributed by atoms with van der Waals surface area (Å²) in [6.07, 6.45) is 1.52. The molecule has 1 aromatic heterocycles.